The number of hydrogen-bond acceptors (Lipinski definition) is 8. The van der Waals surface area contributed by atoms with Crippen molar-refractivity contribution >= 4 is 17.6 Å². The van der Waals surface area contributed by atoms with Gasteiger partial charge in [-0.05, 0) is 54.8 Å². The Morgan fingerprint density at radius 2 is 1.98 bits per heavy atom. The van der Waals surface area contributed by atoms with Gasteiger partial charge in [0.15, 0.2) is 11.3 Å². The normalized spacial score (nSPS) is 22.3. The molecule has 1 saturated heterocycles. The van der Waals surface area contributed by atoms with E-state index in [1.807, 2.05) is 5.32 Å². The number of alkyl halides is 5. The molecule has 6 rings (SSSR count). The highest BCUT2D eigenvalue weighted by atomic mass is 19.4. The second-order valence-corrected chi connectivity index (χ2v) is 11.7. The maximum Gasteiger partial charge on any atom is 0.410 e. The van der Waals surface area contributed by atoms with Crippen molar-refractivity contribution in [3.05, 3.63) is 41.1 Å². The molecule has 4 heterocycles. The fourth-order valence-corrected chi connectivity index (χ4v) is 6.00. The zero-order valence-corrected chi connectivity index (χ0v) is 23.7. The Hall–Kier alpha value is -3.89. The second kappa shape index (κ2) is 11.6. The van der Waals surface area contributed by atoms with E-state index in [1.165, 1.54) is 17.8 Å². The van der Waals surface area contributed by atoms with Crippen LogP contribution in [0, 0.1) is 5.92 Å². The number of fused-ring (bicyclic) bond motifs is 1. The van der Waals surface area contributed by atoms with Gasteiger partial charge in [-0.3, -0.25) is 4.79 Å². The second-order valence-electron chi connectivity index (χ2n) is 11.7. The fourth-order valence-electron chi connectivity index (χ4n) is 6.00. The number of hydrogen-bond donors (Lipinski definition) is 2. The summed E-state index contributed by atoms with van der Waals surface area (Å²) in [6.07, 6.45) is -0.0790. The van der Waals surface area contributed by atoms with Gasteiger partial charge in [0.05, 0.1) is 36.7 Å². The molecule has 0 unspecified atom stereocenters. The van der Waals surface area contributed by atoms with Crippen LogP contribution in [0.4, 0.5) is 26.7 Å². The van der Waals surface area contributed by atoms with Crippen LogP contribution in [0.25, 0.3) is 5.65 Å². The predicted molar refractivity (Wildman–Crippen MR) is 141 cm³/mol. The van der Waals surface area contributed by atoms with E-state index in [2.05, 4.69) is 25.7 Å². The van der Waals surface area contributed by atoms with Crippen molar-refractivity contribution < 1.29 is 40.9 Å². The van der Waals surface area contributed by atoms with Crippen molar-refractivity contribution in [2.75, 3.05) is 20.3 Å². The first-order valence-electron chi connectivity index (χ1n) is 14.4. The van der Waals surface area contributed by atoms with Crippen LogP contribution in [-0.4, -0.2) is 80.2 Å². The van der Waals surface area contributed by atoms with Gasteiger partial charge in [0, 0.05) is 32.5 Å². The van der Waals surface area contributed by atoms with E-state index in [-0.39, 0.29) is 56.2 Å². The van der Waals surface area contributed by atoms with Crippen LogP contribution in [0.1, 0.15) is 90.4 Å². The molecule has 2 saturated carbocycles. The molecule has 3 aromatic heterocycles. The molecule has 3 aromatic rings. The van der Waals surface area contributed by atoms with Crippen molar-refractivity contribution in [2.24, 2.45) is 5.92 Å². The summed E-state index contributed by atoms with van der Waals surface area (Å²) in [5, 5.41) is 16.9. The van der Waals surface area contributed by atoms with Crippen LogP contribution >= 0.6 is 0 Å². The number of aromatic nitrogens is 5. The lowest BCUT2D eigenvalue weighted by Crippen LogP contribution is -2.40. The molecule has 3 amide bonds. The van der Waals surface area contributed by atoms with E-state index >= 15 is 0 Å². The van der Waals surface area contributed by atoms with Crippen molar-refractivity contribution in [1.29, 1.82) is 0 Å². The maximum atomic E-state index is 14.0. The molecule has 2 aliphatic carbocycles. The Morgan fingerprint density at radius 1 is 1.23 bits per heavy atom. The molecule has 12 nitrogen and oxygen atoms in total. The van der Waals surface area contributed by atoms with Crippen LogP contribution in [-0.2, 0) is 4.74 Å². The Balaban J connectivity index is 1.30. The molecular formula is C27H31F5N8O4. The molecule has 0 radical (unpaired) electrons. The average molecular weight is 627 g/mol. The number of methoxy groups -OCH3 is 1. The zero-order valence-electron chi connectivity index (χ0n) is 23.7. The van der Waals surface area contributed by atoms with E-state index in [9.17, 15) is 31.5 Å². The first kappa shape index (κ1) is 30.1. The number of carbonyl (C=O) groups excluding carboxylic acids is 2. The van der Waals surface area contributed by atoms with Gasteiger partial charge in [-0.15, -0.1) is 0 Å². The lowest BCUT2D eigenvalue weighted by atomic mass is 9.81. The lowest BCUT2D eigenvalue weighted by Gasteiger charge is -2.33. The summed E-state index contributed by atoms with van der Waals surface area (Å²) in [4.78, 5) is 31.7. The zero-order chi connectivity index (χ0) is 31.2. The quantitative estimate of drug-likeness (QED) is 0.317. The summed E-state index contributed by atoms with van der Waals surface area (Å²) in [7, 11) is 1.44. The number of ether oxygens (including phenoxy) is 1. The molecule has 3 fully saturated rings. The molecule has 17 heteroatoms. The number of nitrogens with one attached hydrogen (secondary N) is 2. The summed E-state index contributed by atoms with van der Waals surface area (Å²) in [6, 6.07) is -2.83. The van der Waals surface area contributed by atoms with Crippen LogP contribution in [0.15, 0.2) is 23.1 Å². The number of amides is 3. The van der Waals surface area contributed by atoms with Crippen molar-refractivity contribution in [1.82, 2.24) is 40.4 Å². The van der Waals surface area contributed by atoms with E-state index < -0.39 is 48.7 Å². The minimum Gasteiger partial charge on any atom is -0.385 e. The van der Waals surface area contributed by atoms with Gasteiger partial charge in [-0.2, -0.15) is 18.3 Å². The predicted octanol–water partition coefficient (Wildman–Crippen LogP) is 4.32. The fraction of sp³-hybridized carbons (Fsp3) is 0.630. The molecule has 0 aromatic carbocycles. The van der Waals surface area contributed by atoms with Crippen LogP contribution in [0.3, 0.4) is 0 Å². The Morgan fingerprint density at radius 3 is 2.64 bits per heavy atom. The lowest BCUT2D eigenvalue weighted by molar-refractivity contribution is -0.150. The molecule has 0 bridgehead atoms. The van der Waals surface area contributed by atoms with Gasteiger partial charge in [0.1, 0.15) is 11.7 Å². The van der Waals surface area contributed by atoms with Gasteiger partial charge in [-0.25, -0.2) is 27.7 Å². The molecule has 3 atom stereocenters. The van der Waals surface area contributed by atoms with Crippen molar-refractivity contribution in [3.8, 4) is 0 Å². The largest absolute Gasteiger partial charge is 0.410 e. The maximum absolute atomic E-state index is 14.0. The summed E-state index contributed by atoms with van der Waals surface area (Å²) in [5.41, 5.74) is 1.61. The highest BCUT2D eigenvalue weighted by Crippen LogP contribution is 2.43. The number of rotatable bonds is 10. The van der Waals surface area contributed by atoms with E-state index in [0.717, 1.165) is 17.7 Å². The van der Waals surface area contributed by atoms with Crippen LogP contribution in [0.5, 0.6) is 0 Å². The molecule has 3 aliphatic rings. The van der Waals surface area contributed by atoms with Gasteiger partial charge < -0.3 is 20.3 Å². The highest BCUT2D eigenvalue weighted by Gasteiger charge is 2.48. The number of halogens is 5. The number of imidazole rings is 1. The smallest absolute Gasteiger partial charge is 0.385 e. The van der Waals surface area contributed by atoms with Gasteiger partial charge in [0.2, 0.25) is 5.92 Å². The van der Waals surface area contributed by atoms with Gasteiger partial charge >= 0.3 is 12.2 Å². The van der Waals surface area contributed by atoms with Crippen molar-refractivity contribution in [3.63, 3.8) is 0 Å². The Bertz CT molecular complexity index is 1510. The summed E-state index contributed by atoms with van der Waals surface area (Å²) in [6.45, 7) is -0.419. The first-order valence-corrected chi connectivity index (χ1v) is 14.4. The average Bonchev–Trinajstić information content (AvgIpc) is 3.35. The first-order chi connectivity index (χ1) is 20.9. The topological polar surface area (TPSA) is 140 Å². The highest BCUT2D eigenvalue weighted by molar-refractivity contribution is 5.93. The minimum atomic E-state index is -4.61. The number of nitrogens with zero attached hydrogens (tertiary/aromatic N) is 6. The summed E-state index contributed by atoms with van der Waals surface area (Å²) in [5.74, 6) is -3.63. The molecular weight excluding hydrogens is 595 g/mol. The standard InChI is InChI=1S/C27H31F5N8O4/c1-43-9-6-18(39-13-19(27(30,31)32)35-25(39)42)16-10-20-34-17(12-40(20)33-11-16)21(15-4-7-26(28,29)8-5-15)36-24(41)23-22(14-2-3-14)37-44-38-23/h10-12,14-15,18-19,21H,2-9,13H2,1H3,(H,35,42)(H,36,41)/t18-,19+,21+/m1/s1. The van der Waals surface area contributed by atoms with Crippen LogP contribution < -0.4 is 10.6 Å². The Kier molecular flexibility index (Phi) is 7.92. The van der Waals surface area contributed by atoms with E-state index in [0.29, 0.717) is 22.6 Å². The molecule has 0 spiro atoms. The monoisotopic (exact) mass is 626 g/mol. The molecule has 2 N–H and O–H groups in total. The summed E-state index contributed by atoms with van der Waals surface area (Å²) < 4.78 is 79.6. The number of carbonyl (C=O) groups is 2. The van der Waals surface area contributed by atoms with E-state index in [4.69, 9.17) is 9.37 Å². The van der Waals surface area contributed by atoms with Crippen LogP contribution in [0.2, 0.25) is 0 Å². The van der Waals surface area contributed by atoms with Gasteiger partial charge in [-0.1, -0.05) is 5.16 Å². The third-order valence-electron chi connectivity index (χ3n) is 8.58. The molecule has 44 heavy (non-hydrogen) atoms. The number of urea groups is 1. The summed E-state index contributed by atoms with van der Waals surface area (Å²) >= 11 is 0. The SMILES string of the molecule is COCC[C@H](c1cnn2cc([C@@H](NC(=O)c3nonc3C3CC3)C3CCC(F)(F)CC3)nc2c1)N1C[C@@H](C(F)(F)F)NC1=O. The molecule has 238 valence electrons. The molecule has 1 aliphatic heterocycles. The Labute approximate surface area is 247 Å². The third-order valence-corrected chi connectivity index (χ3v) is 8.58. The third kappa shape index (κ3) is 6.19. The van der Waals surface area contributed by atoms with E-state index in [1.54, 1.807) is 12.3 Å². The van der Waals surface area contributed by atoms with Crippen molar-refractivity contribution in [2.45, 2.75) is 81.1 Å². The minimum absolute atomic E-state index is 0.0462. The van der Waals surface area contributed by atoms with Gasteiger partial charge in [0.25, 0.3) is 5.91 Å².